The van der Waals surface area contributed by atoms with Gasteiger partial charge in [-0.05, 0) is 61.9 Å². The normalized spacial score (nSPS) is 18.0. The molecule has 2 aromatic rings. The highest BCUT2D eigenvalue weighted by atomic mass is 19.1. The van der Waals surface area contributed by atoms with Gasteiger partial charge in [-0.3, -0.25) is 0 Å². The molecule has 1 aromatic carbocycles. The van der Waals surface area contributed by atoms with E-state index in [0.717, 1.165) is 55.4 Å². The molecule has 2 fully saturated rings. The number of nitrogens with one attached hydrogen (secondary N) is 2. The summed E-state index contributed by atoms with van der Waals surface area (Å²) in [6.07, 6.45) is 6.36. The van der Waals surface area contributed by atoms with Crippen LogP contribution in [-0.4, -0.2) is 37.1 Å². The molecular weight excluding hydrogens is 365 g/mol. The van der Waals surface area contributed by atoms with Gasteiger partial charge in [0.15, 0.2) is 5.96 Å². The second kappa shape index (κ2) is 8.80. The van der Waals surface area contributed by atoms with E-state index in [4.69, 9.17) is 4.99 Å². The number of nitrogens with zero attached hydrogens (tertiary/aromatic N) is 3. The van der Waals surface area contributed by atoms with Crippen LogP contribution in [-0.2, 0) is 12.0 Å². The predicted molar refractivity (Wildman–Crippen MR) is 116 cm³/mol. The van der Waals surface area contributed by atoms with Gasteiger partial charge < -0.3 is 15.5 Å². The maximum atomic E-state index is 14.2. The average molecular weight is 396 g/mol. The van der Waals surface area contributed by atoms with Crippen LogP contribution in [0.5, 0.6) is 0 Å². The van der Waals surface area contributed by atoms with Gasteiger partial charge in [0, 0.05) is 37.8 Å². The van der Waals surface area contributed by atoms with E-state index in [2.05, 4.69) is 33.5 Å². The van der Waals surface area contributed by atoms with Crippen molar-refractivity contribution in [2.75, 3.05) is 31.1 Å². The fraction of sp³-hybridized carbons (Fsp3) is 0.478. The van der Waals surface area contributed by atoms with Crippen LogP contribution in [0.3, 0.4) is 0 Å². The number of hydrogen-bond acceptors (Lipinski definition) is 3. The lowest BCUT2D eigenvalue weighted by Crippen LogP contribution is -2.41. The van der Waals surface area contributed by atoms with Gasteiger partial charge in [0.25, 0.3) is 0 Å². The quantitative estimate of drug-likeness (QED) is 0.556. The van der Waals surface area contributed by atoms with E-state index in [-0.39, 0.29) is 11.2 Å². The molecule has 1 aromatic heterocycles. The van der Waals surface area contributed by atoms with Crippen molar-refractivity contribution >= 4 is 11.8 Å². The first kappa shape index (κ1) is 19.7. The van der Waals surface area contributed by atoms with Gasteiger partial charge in [-0.2, -0.15) is 0 Å². The maximum Gasteiger partial charge on any atom is 0.191 e. The molecule has 5 nitrogen and oxygen atoms in total. The Labute approximate surface area is 172 Å². The number of pyridine rings is 1. The predicted octanol–water partition coefficient (Wildman–Crippen LogP) is 3.61. The SMILES string of the molecule is CCNC(=NCc1ccnc(N2CCCC2)c1)NCC1(c2ccccc2F)CC1. The highest BCUT2D eigenvalue weighted by molar-refractivity contribution is 5.80. The number of rotatable bonds is 7. The zero-order chi connectivity index (χ0) is 20.1. The molecule has 154 valence electrons. The number of benzene rings is 1. The molecule has 6 heteroatoms. The molecule has 1 aliphatic heterocycles. The zero-order valence-electron chi connectivity index (χ0n) is 17.1. The molecule has 0 radical (unpaired) electrons. The van der Waals surface area contributed by atoms with Crippen molar-refractivity contribution < 1.29 is 4.39 Å². The zero-order valence-corrected chi connectivity index (χ0v) is 17.1. The first-order valence-electron chi connectivity index (χ1n) is 10.7. The molecule has 2 N–H and O–H groups in total. The number of aliphatic imine (C=N–C) groups is 1. The number of aromatic nitrogens is 1. The van der Waals surface area contributed by atoms with Crippen molar-refractivity contribution in [3.63, 3.8) is 0 Å². The lowest BCUT2D eigenvalue weighted by atomic mass is 9.95. The monoisotopic (exact) mass is 395 g/mol. The van der Waals surface area contributed by atoms with Gasteiger partial charge in [-0.1, -0.05) is 18.2 Å². The molecule has 1 saturated carbocycles. The lowest BCUT2D eigenvalue weighted by molar-refractivity contribution is 0.559. The van der Waals surface area contributed by atoms with Crippen molar-refractivity contribution in [3.05, 3.63) is 59.5 Å². The van der Waals surface area contributed by atoms with Crippen molar-refractivity contribution in [1.82, 2.24) is 15.6 Å². The lowest BCUT2D eigenvalue weighted by Gasteiger charge is -2.20. The van der Waals surface area contributed by atoms with E-state index >= 15 is 0 Å². The van der Waals surface area contributed by atoms with Gasteiger partial charge in [0.1, 0.15) is 11.6 Å². The van der Waals surface area contributed by atoms with Crippen LogP contribution in [0.2, 0.25) is 0 Å². The highest BCUT2D eigenvalue weighted by Gasteiger charge is 2.45. The fourth-order valence-corrected chi connectivity index (χ4v) is 4.03. The largest absolute Gasteiger partial charge is 0.357 e. The van der Waals surface area contributed by atoms with E-state index in [9.17, 15) is 4.39 Å². The van der Waals surface area contributed by atoms with Crippen molar-refractivity contribution in [3.8, 4) is 0 Å². The maximum absolute atomic E-state index is 14.2. The summed E-state index contributed by atoms with van der Waals surface area (Å²) in [4.78, 5) is 11.6. The summed E-state index contributed by atoms with van der Waals surface area (Å²) < 4.78 is 14.2. The summed E-state index contributed by atoms with van der Waals surface area (Å²) in [5, 5.41) is 6.74. The third-order valence-electron chi connectivity index (χ3n) is 5.90. The standard InChI is InChI=1S/C23H30FN5/c1-2-25-22(28-17-23(10-11-23)19-7-3-4-8-20(19)24)27-16-18-9-12-26-21(15-18)29-13-5-6-14-29/h3-4,7-9,12,15H,2,5-6,10-11,13-14,16-17H2,1H3,(H2,25,27,28). The van der Waals surface area contributed by atoms with E-state index in [1.165, 1.54) is 12.8 Å². The number of anilines is 1. The molecular formula is C23H30FN5. The van der Waals surface area contributed by atoms with Crippen molar-refractivity contribution in [1.29, 1.82) is 0 Å². The van der Waals surface area contributed by atoms with Crippen LogP contribution < -0.4 is 15.5 Å². The second-order valence-electron chi connectivity index (χ2n) is 8.03. The van der Waals surface area contributed by atoms with Gasteiger partial charge in [-0.15, -0.1) is 0 Å². The summed E-state index contributed by atoms with van der Waals surface area (Å²) in [5.74, 6) is 1.71. The third-order valence-corrected chi connectivity index (χ3v) is 5.90. The molecule has 2 heterocycles. The molecule has 2 aliphatic rings. The van der Waals surface area contributed by atoms with Gasteiger partial charge >= 0.3 is 0 Å². The molecule has 0 atom stereocenters. The summed E-state index contributed by atoms with van der Waals surface area (Å²) in [7, 11) is 0. The van der Waals surface area contributed by atoms with Crippen LogP contribution in [0.1, 0.15) is 43.7 Å². The average Bonchev–Trinajstić information content (AvgIpc) is 3.32. The van der Waals surface area contributed by atoms with Crippen LogP contribution in [0.25, 0.3) is 0 Å². The molecule has 4 rings (SSSR count). The number of hydrogen-bond donors (Lipinski definition) is 2. The van der Waals surface area contributed by atoms with Gasteiger partial charge in [0.2, 0.25) is 0 Å². The Hall–Kier alpha value is -2.63. The van der Waals surface area contributed by atoms with Crippen LogP contribution in [0, 0.1) is 5.82 Å². The van der Waals surface area contributed by atoms with Crippen LogP contribution in [0.15, 0.2) is 47.6 Å². The third kappa shape index (κ3) is 4.69. The molecule has 0 amide bonds. The Morgan fingerprint density at radius 1 is 1.17 bits per heavy atom. The Balaban J connectivity index is 1.41. The summed E-state index contributed by atoms with van der Waals surface area (Å²) in [6.45, 7) is 6.29. The number of halogens is 1. The molecule has 1 saturated heterocycles. The van der Waals surface area contributed by atoms with Crippen molar-refractivity contribution in [2.45, 2.75) is 44.6 Å². The van der Waals surface area contributed by atoms with Crippen molar-refractivity contribution in [2.24, 2.45) is 4.99 Å². The molecule has 1 aliphatic carbocycles. The van der Waals surface area contributed by atoms with Gasteiger partial charge in [-0.25, -0.2) is 14.4 Å². The molecule has 29 heavy (non-hydrogen) atoms. The topological polar surface area (TPSA) is 52.6 Å². The van der Waals surface area contributed by atoms with Crippen LogP contribution >= 0.6 is 0 Å². The fourth-order valence-electron chi connectivity index (χ4n) is 4.03. The van der Waals surface area contributed by atoms with E-state index in [1.807, 2.05) is 24.4 Å². The van der Waals surface area contributed by atoms with E-state index in [1.54, 1.807) is 12.1 Å². The number of guanidine groups is 1. The summed E-state index contributed by atoms with van der Waals surface area (Å²) in [5.41, 5.74) is 1.85. The highest BCUT2D eigenvalue weighted by Crippen LogP contribution is 2.48. The first-order valence-corrected chi connectivity index (χ1v) is 10.7. The van der Waals surface area contributed by atoms with Gasteiger partial charge in [0.05, 0.1) is 6.54 Å². The van der Waals surface area contributed by atoms with E-state index < -0.39 is 0 Å². The molecule has 0 unspecified atom stereocenters. The second-order valence-corrected chi connectivity index (χ2v) is 8.03. The Morgan fingerprint density at radius 2 is 1.97 bits per heavy atom. The smallest absolute Gasteiger partial charge is 0.191 e. The Kier molecular flexibility index (Phi) is 5.97. The minimum atomic E-state index is -0.111. The Morgan fingerprint density at radius 3 is 2.69 bits per heavy atom. The minimum Gasteiger partial charge on any atom is -0.357 e. The summed E-state index contributed by atoms with van der Waals surface area (Å²) >= 11 is 0. The first-order chi connectivity index (χ1) is 14.2. The molecule has 0 spiro atoms. The molecule has 0 bridgehead atoms. The minimum absolute atomic E-state index is 0.110. The summed E-state index contributed by atoms with van der Waals surface area (Å²) in [6, 6.07) is 11.3. The van der Waals surface area contributed by atoms with Crippen LogP contribution in [0.4, 0.5) is 10.2 Å². The Bertz CT molecular complexity index is 856. The van der Waals surface area contributed by atoms with E-state index in [0.29, 0.717) is 13.1 Å².